The van der Waals surface area contributed by atoms with E-state index in [1.54, 1.807) is 13.8 Å². The number of anilines is 1. The predicted octanol–water partition coefficient (Wildman–Crippen LogP) is 3.68. The molecular formula is C23H23F2N7O. The molecular weight excluding hydrogens is 428 g/mol. The van der Waals surface area contributed by atoms with E-state index >= 15 is 0 Å². The van der Waals surface area contributed by atoms with Crippen molar-refractivity contribution in [3.63, 3.8) is 0 Å². The topological polar surface area (TPSA) is 81.9 Å². The van der Waals surface area contributed by atoms with Crippen LogP contribution in [0.25, 0.3) is 22.4 Å². The van der Waals surface area contributed by atoms with E-state index in [9.17, 15) is 8.78 Å². The molecule has 1 aliphatic rings. The smallest absolute Gasteiger partial charge is 0.228 e. The number of aromatic nitrogens is 6. The lowest BCUT2D eigenvalue weighted by molar-refractivity contribution is -0.0178. The van der Waals surface area contributed by atoms with Gasteiger partial charge in [0.25, 0.3) is 0 Å². The molecule has 4 heterocycles. The van der Waals surface area contributed by atoms with Crippen molar-refractivity contribution >= 4 is 17.1 Å². The number of morpholine rings is 1. The van der Waals surface area contributed by atoms with Gasteiger partial charge in [0.2, 0.25) is 5.95 Å². The normalized spacial score (nSPS) is 20.5. The Morgan fingerprint density at radius 2 is 1.91 bits per heavy atom. The fourth-order valence-corrected chi connectivity index (χ4v) is 3.91. The van der Waals surface area contributed by atoms with Crippen molar-refractivity contribution in [2.45, 2.75) is 33.0 Å². The van der Waals surface area contributed by atoms with Crippen molar-refractivity contribution in [2.75, 3.05) is 18.0 Å². The minimum Gasteiger partial charge on any atom is -0.367 e. The van der Waals surface area contributed by atoms with Crippen LogP contribution in [0.4, 0.5) is 14.7 Å². The third-order valence-corrected chi connectivity index (χ3v) is 5.63. The predicted molar refractivity (Wildman–Crippen MR) is 119 cm³/mol. The molecule has 0 aliphatic carbocycles. The molecule has 1 saturated heterocycles. The molecule has 33 heavy (non-hydrogen) atoms. The zero-order chi connectivity index (χ0) is 25.8. The second kappa shape index (κ2) is 8.11. The maximum absolute atomic E-state index is 14.8. The molecule has 1 aliphatic heterocycles. The van der Waals surface area contributed by atoms with E-state index in [2.05, 4.69) is 25.0 Å². The molecule has 1 aromatic carbocycles. The number of ether oxygens (including phenoxy) is 1. The summed E-state index contributed by atoms with van der Waals surface area (Å²) in [4.78, 5) is 20.2. The number of aryl methyl sites for hydroxylation is 3. The lowest BCUT2D eigenvalue weighted by Crippen LogP contribution is -2.43. The van der Waals surface area contributed by atoms with Gasteiger partial charge in [0.15, 0.2) is 5.65 Å². The Morgan fingerprint density at radius 1 is 1.09 bits per heavy atom. The number of rotatable bonds is 3. The fraction of sp³-hybridized carbons (Fsp3) is 0.348. The van der Waals surface area contributed by atoms with Crippen molar-refractivity contribution in [1.82, 2.24) is 29.7 Å². The standard InChI is InChI=1S/C23H23F2N7O/c1-12-9-32(11-19(33-12)15-8-26-31(4)10-15)23-29-20(17-6-5-16(24)7-18(17)25)21-22(30-23)28-14(3)13(2)27-21/h5-8,10,12,19H,9,11H2,1-4H3/t12-,19+/m1/s1/i4D3. The summed E-state index contributed by atoms with van der Waals surface area (Å²) in [5.74, 6) is -1.19. The summed E-state index contributed by atoms with van der Waals surface area (Å²) in [6.45, 7) is 3.79. The van der Waals surface area contributed by atoms with Gasteiger partial charge in [0, 0.05) is 41.0 Å². The van der Waals surface area contributed by atoms with E-state index in [1.165, 1.54) is 18.5 Å². The number of nitrogens with zero attached hydrogens (tertiary/aromatic N) is 7. The molecule has 0 bridgehead atoms. The Labute approximate surface area is 193 Å². The largest absolute Gasteiger partial charge is 0.367 e. The highest BCUT2D eigenvalue weighted by Gasteiger charge is 2.30. The molecule has 4 aromatic rings. The second-order valence-electron chi connectivity index (χ2n) is 8.12. The molecule has 10 heteroatoms. The van der Waals surface area contributed by atoms with Crippen LogP contribution in [0.3, 0.4) is 0 Å². The number of benzene rings is 1. The number of fused-ring (bicyclic) bond motifs is 1. The summed E-state index contributed by atoms with van der Waals surface area (Å²) in [6, 6.07) is 3.28. The van der Waals surface area contributed by atoms with Crippen molar-refractivity contribution in [2.24, 2.45) is 6.98 Å². The second-order valence-corrected chi connectivity index (χ2v) is 8.12. The van der Waals surface area contributed by atoms with E-state index < -0.39 is 24.7 Å². The van der Waals surface area contributed by atoms with Crippen LogP contribution in [0.5, 0.6) is 0 Å². The molecule has 0 saturated carbocycles. The summed E-state index contributed by atoms with van der Waals surface area (Å²) in [5.41, 5.74) is 2.79. The van der Waals surface area contributed by atoms with E-state index in [-0.39, 0.29) is 29.0 Å². The quantitative estimate of drug-likeness (QED) is 0.467. The number of hydrogen-bond donors (Lipinski definition) is 0. The van der Waals surface area contributed by atoms with Gasteiger partial charge in [-0.25, -0.2) is 23.7 Å². The first kappa shape index (κ1) is 18.0. The Bertz CT molecular complexity index is 1460. The van der Waals surface area contributed by atoms with Gasteiger partial charge in [-0.1, -0.05) is 0 Å². The van der Waals surface area contributed by atoms with Gasteiger partial charge >= 0.3 is 0 Å². The molecule has 3 aromatic heterocycles. The van der Waals surface area contributed by atoms with E-state index in [1.807, 2.05) is 11.8 Å². The SMILES string of the molecule is [2H]C([2H])([2H])n1cc([C@@H]2CN(c3nc(-c4ccc(F)cc4F)c4nc(C)c(C)nc4n3)C[C@@H](C)O2)cn1. The van der Waals surface area contributed by atoms with Crippen LogP contribution in [0.1, 0.15) is 34.1 Å². The molecule has 2 atom stereocenters. The summed E-state index contributed by atoms with van der Waals surface area (Å²) < 4.78 is 58.1. The third-order valence-electron chi connectivity index (χ3n) is 5.63. The van der Waals surface area contributed by atoms with Gasteiger partial charge in [0.1, 0.15) is 28.9 Å². The highest BCUT2D eigenvalue weighted by molar-refractivity contribution is 5.88. The van der Waals surface area contributed by atoms with Crippen molar-refractivity contribution < 1.29 is 17.6 Å². The highest BCUT2D eigenvalue weighted by atomic mass is 19.1. The molecule has 8 nitrogen and oxygen atoms in total. The zero-order valence-corrected chi connectivity index (χ0v) is 18.3. The first-order valence-corrected chi connectivity index (χ1v) is 10.4. The summed E-state index contributed by atoms with van der Waals surface area (Å²) in [6.07, 6.45) is 2.15. The van der Waals surface area contributed by atoms with Crippen molar-refractivity contribution in [3.8, 4) is 11.3 Å². The average molecular weight is 454 g/mol. The van der Waals surface area contributed by atoms with E-state index in [0.29, 0.717) is 35.6 Å². The molecule has 0 radical (unpaired) electrons. The lowest BCUT2D eigenvalue weighted by Gasteiger charge is -2.36. The van der Waals surface area contributed by atoms with Gasteiger partial charge in [-0.05, 0) is 32.9 Å². The fourth-order valence-electron chi connectivity index (χ4n) is 3.91. The highest BCUT2D eigenvalue weighted by Crippen LogP contribution is 2.32. The van der Waals surface area contributed by atoms with Gasteiger partial charge in [0.05, 0.1) is 30.2 Å². The molecule has 170 valence electrons. The summed E-state index contributed by atoms with van der Waals surface area (Å²) in [5, 5.41) is 3.95. The number of halogens is 2. The first-order chi connectivity index (χ1) is 17.0. The summed E-state index contributed by atoms with van der Waals surface area (Å²) in [7, 11) is 0. The molecule has 5 rings (SSSR count). The van der Waals surface area contributed by atoms with Gasteiger partial charge in [-0.2, -0.15) is 10.1 Å². The molecule has 1 fully saturated rings. The van der Waals surface area contributed by atoms with Crippen LogP contribution in [-0.4, -0.2) is 48.9 Å². The van der Waals surface area contributed by atoms with E-state index in [4.69, 9.17) is 8.85 Å². The van der Waals surface area contributed by atoms with Crippen LogP contribution in [-0.2, 0) is 11.7 Å². The summed E-state index contributed by atoms with van der Waals surface area (Å²) >= 11 is 0. The minimum absolute atomic E-state index is 0.0828. The Hall–Kier alpha value is -3.53. The van der Waals surface area contributed by atoms with Gasteiger partial charge < -0.3 is 9.64 Å². The monoisotopic (exact) mass is 454 g/mol. The lowest BCUT2D eigenvalue weighted by atomic mass is 10.1. The molecule has 0 amide bonds. The van der Waals surface area contributed by atoms with Crippen LogP contribution in [0.2, 0.25) is 0 Å². The Balaban J connectivity index is 1.59. The van der Waals surface area contributed by atoms with Crippen LogP contribution < -0.4 is 4.90 Å². The number of hydrogen-bond acceptors (Lipinski definition) is 7. The molecule has 0 unspecified atom stereocenters. The Morgan fingerprint density at radius 3 is 2.67 bits per heavy atom. The maximum atomic E-state index is 14.8. The average Bonchev–Trinajstić information content (AvgIpc) is 3.30. The van der Waals surface area contributed by atoms with Gasteiger partial charge in [-0.3, -0.25) is 4.68 Å². The zero-order valence-electron chi connectivity index (χ0n) is 21.3. The molecule has 0 spiro atoms. The minimum atomic E-state index is -2.40. The first-order valence-electron chi connectivity index (χ1n) is 11.9. The van der Waals surface area contributed by atoms with Crippen LogP contribution >= 0.6 is 0 Å². The maximum Gasteiger partial charge on any atom is 0.228 e. The van der Waals surface area contributed by atoms with Crippen LogP contribution in [0.15, 0.2) is 30.6 Å². The van der Waals surface area contributed by atoms with Crippen LogP contribution in [0, 0.1) is 25.5 Å². The third kappa shape index (κ3) is 4.02. The Kier molecular flexibility index (Phi) is 4.41. The van der Waals surface area contributed by atoms with Crippen molar-refractivity contribution in [3.05, 3.63) is 59.2 Å². The molecule has 0 N–H and O–H groups in total. The van der Waals surface area contributed by atoms with E-state index in [0.717, 1.165) is 16.8 Å². The van der Waals surface area contributed by atoms with Crippen molar-refractivity contribution in [1.29, 1.82) is 0 Å². The van der Waals surface area contributed by atoms with Gasteiger partial charge in [-0.15, -0.1) is 0 Å².